The van der Waals surface area contributed by atoms with Crippen LogP contribution in [0.15, 0.2) is 0 Å². The SMILES string of the molecule is OCCCCO.OCCSCCO. The molecule has 0 saturated carbocycles. The van der Waals surface area contributed by atoms with E-state index in [-0.39, 0.29) is 26.4 Å². The highest BCUT2D eigenvalue weighted by atomic mass is 32.2. The van der Waals surface area contributed by atoms with Crippen LogP contribution in [0.1, 0.15) is 12.8 Å². The van der Waals surface area contributed by atoms with Crippen LogP contribution < -0.4 is 0 Å². The van der Waals surface area contributed by atoms with Crippen LogP contribution in [0.2, 0.25) is 0 Å². The Balaban J connectivity index is 0. The Kier molecular flexibility index (Phi) is 21.8. The monoisotopic (exact) mass is 212 g/mol. The number of aliphatic hydroxyl groups is 4. The number of aliphatic hydroxyl groups excluding tert-OH is 4. The zero-order chi connectivity index (χ0) is 10.4. The van der Waals surface area contributed by atoms with Gasteiger partial charge >= 0.3 is 0 Å². The molecule has 0 aliphatic rings. The van der Waals surface area contributed by atoms with Crippen molar-refractivity contribution in [1.29, 1.82) is 0 Å². The van der Waals surface area contributed by atoms with Crippen molar-refractivity contribution >= 4 is 11.8 Å². The van der Waals surface area contributed by atoms with Crippen LogP contribution in [-0.2, 0) is 0 Å². The van der Waals surface area contributed by atoms with Crippen LogP contribution in [0, 0.1) is 0 Å². The van der Waals surface area contributed by atoms with Gasteiger partial charge in [-0.25, -0.2) is 0 Å². The maximum atomic E-state index is 8.19. The largest absolute Gasteiger partial charge is 0.396 e. The molecule has 0 heterocycles. The normalized spacial score (nSPS) is 9.23. The Labute approximate surface area is 83.6 Å². The van der Waals surface area contributed by atoms with E-state index in [9.17, 15) is 0 Å². The van der Waals surface area contributed by atoms with E-state index in [1.165, 1.54) is 0 Å². The van der Waals surface area contributed by atoms with Crippen molar-refractivity contribution in [3.8, 4) is 0 Å². The second-order valence-electron chi connectivity index (χ2n) is 2.21. The van der Waals surface area contributed by atoms with Crippen molar-refractivity contribution in [1.82, 2.24) is 0 Å². The first-order chi connectivity index (χ1) is 6.33. The van der Waals surface area contributed by atoms with Gasteiger partial charge in [-0.2, -0.15) is 11.8 Å². The van der Waals surface area contributed by atoms with E-state index in [2.05, 4.69) is 0 Å². The molecule has 0 aromatic heterocycles. The van der Waals surface area contributed by atoms with Gasteiger partial charge in [0.2, 0.25) is 0 Å². The minimum atomic E-state index is 0.195. The Bertz CT molecular complexity index is 65.2. The first-order valence-electron chi connectivity index (χ1n) is 4.34. The minimum absolute atomic E-state index is 0.195. The lowest BCUT2D eigenvalue weighted by Crippen LogP contribution is -1.91. The molecule has 0 rings (SSSR count). The number of thioether (sulfide) groups is 1. The maximum Gasteiger partial charge on any atom is 0.0521 e. The first kappa shape index (κ1) is 15.7. The Morgan fingerprint density at radius 2 is 1.00 bits per heavy atom. The van der Waals surface area contributed by atoms with E-state index in [4.69, 9.17) is 20.4 Å². The molecule has 82 valence electrons. The van der Waals surface area contributed by atoms with Crippen LogP contribution in [0.5, 0.6) is 0 Å². The summed E-state index contributed by atoms with van der Waals surface area (Å²) in [6, 6.07) is 0. The third kappa shape index (κ3) is 24.5. The zero-order valence-corrected chi connectivity index (χ0v) is 8.67. The molecule has 5 heteroatoms. The zero-order valence-electron chi connectivity index (χ0n) is 7.85. The molecule has 0 saturated heterocycles. The van der Waals surface area contributed by atoms with E-state index in [0.717, 1.165) is 24.3 Å². The predicted octanol–water partition coefficient (Wildman–Crippen LogP) is -0.545. The molecule has 0 aliphatic carbocycles. The average molecular weight is 212 g/mol. The maximum absolute atomic E-state index is 8.19. The van der Waals surface area contributed by atoms with Gasteiger partial charge in [0.1, 0.15) is 0 Å². The Morgan fingerprint density at radius 1 is 0.615 bits per heavy atom. The van der Waals surface area contributed by atoms with Crippen molar-refractivity contribution < 1.29 is 20.4 Å². The molecule has 0 spiro atoms. The Hall–Kier alpha value is 0.190. The molecule has 0 amide bonds. The van der Waals surface area contributed by atoms with Crippen molar-refractivity contribution in [3.63, 3.8) is 0 Å². The van der Waals surface area contributed by atoms with Crippen LogP contribution in [0.4, 0.5) is 0 Å². The lowest BCUT2D eigenvalue weighted by molar-refractivity contribution is 0.242. The van der Waals surface area contributed by atoms with E-state index in [1.54, 1.807) is 11.8 Å². The molecule has 4 N–H and O–H groups in total. The first-order valence-corrected chi connectivity index (χ1v) is 5.50. The highest BCUT2D eigenvalue weighted by molar-refractivity contribution is 7.99. The smallest absolute Gasteiger partial charge is 0.0521 e. The molecule has 0 radical (unpaired) electrons. The van der Waals surface area contributed by atoms with Crippen molar-refractivity contribution in [3.05, 3.63) is 0 Å². The highest BCUT2D eigenvalue weighted by Gasteiger charge is 1.81. The van der Waals surface area contributed by atoms with Crippen molar-refractivity contribution in [2.24, 2.45) is 0 Å². The van der Waals surface area contributed by atoms with Gasteiger partial charge in [0.05, 0.1) is 13.2 Å². The molecule has 13 heavy (non-hydrogen) atoms. The Morgan fingerprint density at radius 3 is 1.23 bits per heavy atom. The fraction of sp³-hybridized carbons (Fsp3) is 1.00. The van der Waals surface area contributed by atoms with Gasteiger partial charge in [-0.3, -0.25) is 0 Å². The van der Waals surface area contributed by atoms with E-state index in [1.807, 2.05) is 0 Å². The fourth-order valence-electron chi connectivity index (χ4n) is 0.455. The summed E-state index contributed by atoms with van der Waals surface area (Å²) in [5, 5.41) is 32.6. The minimum Gasteiger partial charge on any atom is -0.396 e. The quantitative estimate of drug-likeness (QED) is 0.426. The molecule has 0 fully saturated rings. The lowest BCUT2D eigenvalue weighted by Gasteiger charge is -1.90. The second kappa shape index (κ2) is 18.1. The summed E-state index contributed by atoms with van der Waals surface area (Å²) in [6.45, 7) is 0.816. The lowest BCUT2D eigenvalue weighted by atomic mass is 10.3. The van der Waals surface area contributed by atoms with Gasteiger partial charge in [0, 0.05) is 24.7 Å². The summed E-state index contributed by atoms with van der Waals surface area (Å²) in [5.74, 6) is 1.47. The van der Waals surface area contributed by atoms with Gasteiger partial charge in [-0.05, 0) is 12.8 Å². The summed E-state index contributed by atoms with van der Waals surface area (Å²) < 4.78 is 0. The fourth-order valence-corrected chi connectivity index (χ4v) is 0.917. The standard InChI is InChI=1S/C4H10O2S.C4H10O2/c5-1-3-7-4-2-6;5-3-1-2-4-6/h5-6H,1-4H2;5-6H,1-4H2. The average Bonchev–Trinajstić information content (AvgIpc) is 2.17. The van der Waals surface area contributed by atoms with Crippen LogP contribution in [0.25, 0.3) is 0 Å². The van der Waals surface area contributed by atoms with Gasteiger partial charge < -0.3 is 20.4 Å². The molecule has 4 nitrogen and oxygen atoms in total. The van der Waals surface area contributed by atoms with Crippen LogP contribution >= 0.6 is 11.8 Å². The number of hydrogen-bond acceptors (Lipinski definition) is 5. The summed E-state index contributed by atoms with van der Waals surface area (Å²) in [4.78, 5) is 0. The summed E-state index contributed by atoms with van der Waals surface area (Å²) in [7, 11) is 0. The van der Waals surface area contributed by atoms with Gasteiger partial charge in [0.15, 0.2) is 0 Å². The van der Waals surface area contributed by atoms with Crippen LogP contribution in [0.3, 0.4) is 0 Å². The van der Waals surface area contributed by atoms with Crippen molar-refractivity contribution in [2.45, 2.75) is 12.8 Å². The molecule has 0 aromatic rings. The summed E-state index contributed by atoms with van der Waals surface area (Å²) >= 11 is 1.55. The predicted molar refractivity (Wildman–Crippen MR) is 54.9 cm³/mol. The molecule has 0 bridgehead atoms. The molecule has 0 aromatic carbocycles. The highest BCUT2D eigenvalue weighted by Crippen LogP contribution is 1.94. The van der Waals surface area contributed by atoms with E-state index in [0.29, 0.717) is 0 Å². The van der Waals surface area contributed by atoms with Gasteiger partial charge in [-0.15, -0.1) is 0 Å². The summed E-state index contributed by atoms with van der Waals surface area (Å²) in [5.41, 5.74) is 0. The second-order valence-corrected chi connectivity index (χ2v) is 3.44. The molecular weight excluding hydrogens is 192 g/mol. The van der Waals surface area contributed by atoms with Crippen molar-refractivity contribution in [2.75, 3.05) is 37.9 Å². The molecule has 0 unspecified atom stereocenters. The summed E-state index contributed by atoms with van der Waals surface area (Å²) in [6.07, 6.45) is 1.44. The third-order valence-corrected chi connectivity index (χ3v) is 1.98. The molecule has 0 atom stereocenters. The number of unbranched alkanes of at least 4 members (excludes halogenated alkanes) is 1. The van der Waals surface area contributed by atoms with Gasteiger partial charge in [-0.1, -0.05) is 0 Å². The van der Waals surface area contributed by atoms with Gasteiger partial charge in [0.25, 0.3) is 0 Å². The number of hydrogen-bond donors (Lipinski definition) is 4. The number of rotatable bonds is 7. The van der Waals surface area contributed by atoms with E-state index < -0.39 is 0 Å². The van der Waals surface area contributed by atoms with E-state index >= 15 is 0 Å². The molecule has 0 aliphatic heterocycles. The molecular formula is C8H20O4S. The topological polar surface area (TPSA) is 80.9 Å². The third-order valence-electron chi connectivity index (χ3n) is 1.04. The van der Waals surface area contributed by atoms with Crippen LogP contribution in [-0.4, -0.2) is 58.4 Å².